The molecule has 0 bridgehead atoms. The Kier molecular flexibility index (Phi) is 4.33. The summed E-state index contributed by atoms with van der Waals surface area (Å²) in [6.07, 6.45) is -0.356. The zero-order chi connectivity index (χ0) is 10.7. The fraction of sp³-hybridized carbons (Fsp3) is 1.00. The Bertz CT molecular complexity index is 283. The van der Waals surface area contributed by atoms with Crippen LogP contribution in [0.4, 0.5) is 13.2 Å². The van der Waals surface area contributed by atoms with Crippen LogP contribution >= 0.6 is 0 Å². The molecule has 0 aromatic heterocycles. The summed E-state index contributed by atoms with van der Waals surface area (Å²) >= 11 is 0. The molecule has 0 heterocycles. The van der Waals surface area contributed by atoms with E-state index in [1.807, 2.05) is 0 Å². The minimum absolute atomic E-state index is 0.255. The van der Waals surface area contributed by atoms with Crippen molar-refractivity contribution < 1.29 is 25.8 Å². The van der Waals surface area contributed by atoms with Crippen LogP contribution in [0.1, 0.15) is 6.42 Å². The lowest BCUT2D eigenvalue weighted by atomic mass is 10.6. The number of hydrogen-bond acceptors (Lipinski definition) is 3. The van der Waals surface area contributed by atoms with Gasteiger partial charge in [0.15, 0.2) is 0 Å². The Morgan fingerprint density at radius 3 is 2.08 bits per heavy atom. The molecule has 0 saturated heterocycles. The third-order valence-corrected chi connectivity index (χ3v) is 3.33. The zero-order valence-corrected chi connectivity index (χ0v) is 8.01. The normalized spacial score (nSPS) is 15.7. The molecule has 80 valence electrons. The first-order valence-electron chi connectivity index (χ1n) is 3.08. The predicted octanol–water partition coefficient (Wildman–Crippen LogP) is -0.0665. The summed E-state index contributed by atoms with van der Waals surface area (Å²) in [6, 6.07) is 0. The Morgan fingerprint density at radius 1 is 1.31 bits per heavy atom. The maximum Gasteiger partial charge on any atom is 0.497 e. The van der Waals surface area contributed by atoms with E-state index >= 15 is 0 Å². The molecule has 0 aromatic rings. The van der Waals surface area contributed by atoms with Crippen LogP contribution in [-0.4, -0.2) is 29.6 Å². The third kappa shape index (κ3) is 4.58. The number of rotatable bonds is 4. The Labute approximate surface area is 75.8 Å². The molecule has 9 heteroatoms. The third-order valence-electron chi connectivity index (χ3n) is 1.11. The molecule has 0 aliphatic rings. The van der Waals surface area contributed by atoms with Gasteiger partial charge in [-0.25, -0.2) is 12.6 Å². The minimum atomic E-state index is -5.23. The second-order valence-corrected chi connectivity index (χ2v) is 5.47. The molecule has 1 atom stereocenters. The molecule has 0 rings (SSSR count). The van der Waals surface area contributed by atoms with Crippen molar-refractivity contribution in [1.29, 1.82) is 0 Å². The first kappa shape index (κ1) is 12.8. The highest BCUT2D eigenvalue weighted by atomic mass is 32.2. The van der Waals surface area contributed by atoms with Gasteiger partial charge in [-0.3, -0.25) is 5.14 Å². The van der Waals surface area contributed by atoms with Gasteiger partial charge in [-0.05, 0) is 6.42 Å². The van der Waals surface area contributed by atoms with Crippen LogP contribution in [0.25, 0.3) is 0 Å². The van der Waals surface area contributed by atoms with E-state index in [-0.39, 0.29) is 12.2 Å². The highest BCUT2D eigenvalue weighted by molar-refractivity contribution is 7.92. The van der Waals surface area contributed by atoms with Gasteiger partial charge in [0.25, 0.3) is 0 Å². The molecule has 4 nitrogen and oxygen atoms in total. The molecule has 0 fully saturated rings. The summed E-state index contributed by atoms with van der Waals surface area (Å²) in [5, 5.41) is 4.73. The maximum absolute atomic E-state index is 11.7. The molecular formula is C4H8F3NO3S2. The molecular weight excluding hydrogens is 231 g/mol. The predicted molar refractivity (Wildman–Crippen MR) is 41.7 cm³/mol. The number of nitrogens with two attached hydrogens (primary N) is 1. The molecule has 0 spiro atoms. The molecule has 0 amide bonds. The summed E-state index contributed by atoms with van der Waals surface area (Å²) in [6.45, 7) is 0. The molecule has 0 aromatic carbocycles. The van der Waals surface area contributed by atoms with Gasteiger partial charge in [0.1, 0.15) is 0 Å². The Morgan fingerprint density at radius 2 is 1.77 bits per heavy atom. The number of halogens is 3. The summed E-state index contributed by atoms with van der Waals surface area (Å²) in [5.74, 6) is -1.32. The lowest BCUT2D eigenvalue weighted by Crippen LogP contribution is -2.27. The monoisotopic (exact) mass is 239 g/mol. The zero-order valence-electron chi connectivity index (χ0n) is 6.37. The average molecular weight is 239 g/mol. The van der Waals surface area contributed by atoms with Gasteiger partial charge in [-0.15, -0.1) is 0 Å². The number of alkyl halides is 3. The van der Waals surface area contributed by atoms with E-state index in [0.29, 0.717) is 0 Å². The molecule has 0 aliphatic heterocycles. The quantitative estimate of drug-likeness (QED) is 0.746. The second kappa shape index (κ2) is 4.38. The molecule has 1 unspecified atom stereocenters. The van der Waals surface area contributed by atoms with Gasteiger partial charge < -0.3 is 0 Å². The van der Waals surface area contributed by atoms with Gasteiger partial charge in [0.05, 0.1) is 16.7 Å². The van der Waals surface area contributed by atoms with Gasteiger partial charge >= 0.3 is 5.51 Å². The lowest BCUT2D eigenvalue weighted by Gasteiger charge is -2.06. The van der Waals surface area contributed by atoms with Crippen molar-refractivity contribution in [1.82, 2.24) is 0 Å². The van der Waals surface area contributed by atoms with E-state index in [4.69, 9.17) is 5.14 Å². The summed E-state index contributed by atoms with van der Waals surface area (Å²) < 4.78 is 65.9. The van der Waals surface area contributed by atoms with Crippen molar-refractivity contribution in [2.24, 2.45) is 5.14 Å². The fourth-order valence-electron chi connectivity index (χ4n) is 0.507. The molecule has 2 N–H and O–H groups in total. The van der Waals surface area contributed by atoms with E-state index in [1.54, 1.807) is 0 Å². The highest BCUT2D eigenvalue weighted by Crippen LogP contribution is 2.24. The van der Waals surface area contributed by atoms with Crippen molar-refractivity contribution in [2.45, 2.75) is 11.9 Å². The van der Waals surface area contributed by atoms with E-state index in [1.165, 1.54) is 0 Å². The first-order valence-corrected chi connectivity index (χ1v) is 6.12. The van der Waals surface area contributed by atoms with Gasteiger partial charge in [0.2, 0.25) is 9.84 Å². The van der Waals surface area contributed by atoms with Crippen LogP contribution in [0.5, 0.6) is 0 Å². The SMILES string of the molecule is NS(=O)CCCS(=O)(=O)C(F)(F)F. The van der Waals surface area contributed by atoms with Crippen LogP contribution in [0.3, 0.4) is 0 Å². The van der Waals surface area contributed by atoms with Crippen molar-refractivity contribution in [2.75, 3.05) is 11.5 Å². The lowest BCUT2D eigenvalue weighted by molar-refractivity contribution is -0.0435. The van der Waals surface area contributed by atoms with Crippen LogP contribution in [0, 0.1) is 0 Å². The van der Waals surface area contributed by atoms with Crippen LogP contribution in [0.2, 0.25) is 0 Å². The van der Waals surface area contributed by atoms with Gasteiger partial charge in [0, 0.05) is 5.75 Å². The van der Waals surface area contributed by atoms with E-state index in [0.717, 1.165) is 0 Å². The maximum atomic E-state index is 11.7. The van der Waals surface area contributed by atoms with Crippen LogP contribution in [0.15, 0.2) is 0 Å². The van der Waals surface area contributed by atoms with E-state index in [9.17, 15) is 25.8 Å². The first-order chi connectivity index (χ1) is 5.67. The second-order valence-electron chi connectivity index (χ2n) is 2.20. The smallest absolute Gasteiger partial charge is 0.252 e. The standard InChI is InChI=1S/C4H8F3NO3S2/c5-4(6,7)13(10,11)3-1-2-12(8)9/h1-3,8H2. The highest BCUT2D eigenvalue weighted by Gasteiger charge is 2.44. The van der Waals surface area contributed by atoms with Crippen molar-refractivity contribution in [3.8, 4) is 0 Å². The van der Waals surface area contributed by atoms with Gasteiger partial charge in [-0.2, -0.15) is 13.2 Å². The van der Waals surface area contributed by atoms with Crippen LogP contribution in [-0.2, 0) is 20.8 Å². The minimum Gasteiger partial charge on any atom is -0.252 e. The summed E-state index contributed by atoms with van der Waals surface area (Å²) in [7, 11) is -6.84. The largest absolute Gasteiger partial charge is 0.497 e. The summed E-state index contributed by atoms with van der Waals surface area (Å²) in [4.78, 5) is 0. The van der Waals surface area contributed by atoms with E-state index < -0.39 is 32.1 Å². The topological polar surface area (TPSA) is 77.2 Å². The number of hydrogen-bond donors (Lipinski definition) is 1. The Hall–Kier alpha value is -0.150. The average Bonchev–Trinajstić information content (AvgIpc) is 1.82. The summed E-state index contributed by atoms with van der Waals surface area (Å²) in [5.41, 5.74) is -5.23. The molecule has 0 aliphatic carbocycles. The molecule has 0 saturated carbocycles. The Balaban J connectivity index is 4.15. The van der Waals surface area contributed by atoms with Crippen molar-refractivity contribution >= 4 is 20.8 Å². The van der Waals surface area contributed by atoms with Gasteiger partial charge in [-0.1, -0.05) is 0 Å². The number of sulfone groups is 1. The van der Waals surface area contributed by atoms with Crippen LogP contribution < -0.4 is 5.14 Å². The molecule has 0 radical (unpaired) electrons. The van der Waals surface area contributed by atoms with E-state index in [2.05, 4.69) is 0 Å². The molecule has 13 heavy (non-hydrogen) atoms. The van der Waals surface area contributed by atoms with Crippen molar-refractivity contribution in [3.05, 3.63) is 0 Å². The van der Waals surface area contributed by atoms with Crippen molar-refractivity contribution in [3.63, 3.8) is 0 Å². The fourth-order valence-corrected chi connectivity index (χ4v) is 1.87.